The second kappa shape index (κ2) is 5.87. The molecule has 0 radical (unpaired) electrons. The fourth-order valence-corrected chi connectivity index (χ4v) is 2.09. The van der Waals surface area contributed by atoms with Gasteiger partial charge in [0.15, 0.2) is 0 Å². The third kappa shape index (κ3) is 3.53. The van der Waals surface area contributed by atoms with Gasteiger partial charge in [-0.2, -0.15) is 18.3 Å². The molecule has 1 N–H and O–H groups in total. The van der Waals surface area contributed by atoms with Crippen LogP contribution >= 0.6 is 15.9 Å². The van der Waals surface area contributed by atoms with Gasteiger partial charge in [0, 0.05) is 35.0 Å². The van der Waals surface area contributed by atoms with Gasteiger partial charge in [-0.15, -0.1) is 0 Å². The number of aromatic nitrogens is 2. The van der Waals surface area contributed by atoms with Crippen molar-refractivity contribution in [3.8, 4) is 0 Å². The van der Waals surface area contributed by atoms with Crippen LogP contribution in [0, 0.1) is 0 Å². The maximum Gasteiger partial charge on any atom is 0.416 e. The highest BCUT2D eigenvalue weighted by molar-refractivity contribution is 9.10. The van der Waals surface area contributed by atoms with Gasteiger partial charge in [0.25, 0.3) is 0 Å². The largest absolute Gasteiger partial charge is 0.416 e. The highest BCUT2D eigenvalue weighted by atomic mass is 79.9. The van der Waals surface area contributed by atoms with Crippen molar-refractivity contribution in [2.75, 3.05) is 5.32 Å². The number of rotatable bonds is 4. The van der Waals surface area contributed by atoms with E-state index in [1.54, 1.807) is 10.9 Å². The molecule has 0 aliphatic heterocycles. The number of hydrogen-bond donors (Lipinski definition) is 1. The first-order chi connectivity index (χ1) is 9.40. The lowest BCUT2D eigenvalue weighted by atomic mass is 10.2. The van der Waals surface area contributed by atoms with E-state index in [4.69, 9.17) is 0 Å². The van der Waals surface area contributed by atoms with E-state index < -0.39 is 11.7 Å². The fourth-order valence-electron chi connectivity index (χ4n) is 1.70. The average molecular weight is 348 g/mol. The minimum Gasteiger partial charge on any atom is -0.380 e. The second-order valence-electron chi connectivity index (χ2n) is 4.25. The highest BCUT2D eigenvalue weighted by Gasteiger charge is 2.30. The van der Waals surface area contributed by atoms with E-state index >= 15 is 0 Å². The Morgan fingerprint density at radius 1 is 1.35 bits per heavy atom. The molecule has 2 rings (SSSR count). The summed E-state index contributed by atoms with van der Waals surface area (Å²) < 4.78 is 40.3. The van der Waals surface area contributed by atoms with E-state index in [0.717, 1.165) is 24.2 Å². The maximum absolute atomic E-state index is 12.7. The van der Waals surface area contributed by atoms with Crippen molar-refractivity contribution >= 4 is 21.6 Å². The summed E-state index contributed by atoms with van der Waals surface area (Å²) in [5, 5.41) is 7.09. The van der Waals surface area contributed by atoms with Crippen LogP contribution in [-0.4, -0.2) is 9.78 Å². The van der Waals surface area contributed by atoms with Crippen LogP contribution in [0.3, 0.4) is 0 Å². The zero-order valence-corrected chi connectivity index (χ0v) is 12.3. The van der Waals surface area contributed by atoms with E-state index in [-0.39, 0.29) is 0 Å². The smallest absolute Gasteiger partial charge is 0.380 e. The molecule has 2 aromatic rings. The Bertz CT molecular complexity index is 593. The Kier molecular flexibility index (Phi) is 4.37. The van der Waals surface area contributed by atoms with Crippen LogP contribution in [0.2, 0.25) is 0 Å². The number of alkyl halides is 3. The zero-order chi connectivity index (χ0) is 14.8. The molecule has 1 aromatic carbocycles. The van der Waals surface area contributed by atoms with Crippen molar-refractivity contribution in [1.29, 1.82) is 0 Å². The van der Waals surface area contributed by atoms with Crippen molar-refractivity contribution in [2.24, 2.45) is 0 Å². The van der Waals surface area contributed by atoms with Gasteiger partial charge in [0.2, 0.25) is 0 Å². The van der Waals surface area contributed by atoms with Crippen molar-refractivity contribution in [1.82, 2.24) is 9.78 Å². The average Bonchev–Trinajstić information content (AvgIpc) is 2.84. The lowest BCUT2D eigenvalue weighted by molar-refractivity contribution is -0.137. The third-order valence-electron chi connectivity index (χ3n) is 2.79. The van der Waals surface area contributed by atoms with Gasteiger partial charge in [-0.25, -0.2) is 0 Å². The number of nitrogens with zero attached hydrogens (tertiary/aromatic N) is 2. The van der Waals surface area contributed by atoms with E-state index in [1.807, 2.05) is 13.1 Å². The highest BCUT2D eigenvalue weighted by Crippen LogP contribution is 2.34. The Morgan fingerprint density at radius 2 is 2.10 bits per heavy atom. The summed E-state index contributed by atoms with van der Waals surface area (Å²) in [5.74, 6) is 0. The summed E-state index contributed by atoms with van der Waals surface area (Å²) in [6.07, 6.45) is -0.795. The van der Waals surface area contributed by atoms with Crippen molar-refractivity contribution in [3.05, 3.63) is 46.2 Å². The van der Waals surface area contributed by atoms with Crippen molar-refractivity contribution in [3.63, 3.8) is 0 Å². The Morgan fingerprint density at radius 3 is 2.70 bits per heavy atom. The third-order valence-corrected chi connectivity index (χ3v) is 3.48. The molecule has 0 aliphatic carbocycles. The lowest BCUT2D eigenvalue weighted by Gasteiger charge is -2.12. The van der Waals surface area contributed by atoms with Gasteiger partial charge in [-0.1, -0.05) is 0 Å². The Labute approximate surface area is 122 Å². The van der Waals surface area contributed by atoms with Gasteiger partial charge >= 0.3 is 6.18 Å². The van der Waals surface area contributed by atoms with Gasteiger partial charge in [-0.3, -0.25) is 4.68 Å². The molecule has 0 atom stereocenters. The lowest BCUT2D eigenvalue weighted by Crippen LogP contribution is -2.07. The number of halogens is 4. The van der Waals surface area contributed by atoms with Gasteiger partial charge in [0.05, 0.1) is 11.8 Å². The minimum atomic E-state index is -4.34. The summed E-state index contributed by atoms with van der Waals surface area (Å²) in [6.45, 7) is 3.14. The molecule has 3 nitrogen and oxygen atoms in total. The van der Waals surface area contributed by atoms with Gasteiger partial charge < -0.3 is 5.32 Å². The number of anilines is 1. The van der Waals surface area contributed by atoms with Crippen LogP contribution < -0.4 is 5.32 Å². The summed E-state index contributed by atoms with van der Waals surface area (Å²) in [4.78, 5) is 0. The molecule has 0 saturated carbocycles. The molecule has 0 saturated heterocycles. The molecular weight excluding hydrogens is 335 g/mol. The monoisotopic (exact) mass is 347 g/mol. The van der Waals surface area contributed by atoms with E-state index in [9.17, 15) is 13.2 Å². The molecule has 0 aliphatic rings. The van der Waals surface area contributed by atoms with Gasteiger partial charge in [-0.05, 0) is 41.1 Å². The van der Waals surface area contributed by atoms with Crippen LogP contribution in [0.25, 0.3) is 0 Å². The number of aryl methyl sites for hydroxylation is 1. The molecule has 0 fully saturated rings. The Hall–Kier alpha value is -1.50. The minimum absolute atomic E-state index is 0.407. The molecule has 7 heteroatoms. The molecule has 0 amide bonds. The van der Waals surface area contributed by atoms with Gasteiger partial charge in [0.1, 0.15) is 0 Å². The first-order valence-electron chi connectivity index (χ1n) is 6.02. The van der Waals surface area contributed by atoms with Crippen LogP contribution in [0.5, 0.6) is 0 Å². The van der Waals surface area contributed by atoms with Crippen LogP contribution in [0.1, 0.15) is 18.1 Å². The molecule has 0 unspecified atom stereocenters. The molecule has 1 heterocycles. The first kappa shape index (κ1) is 14.9. The van der Waals surface area contributed by atoms with E-state index in [1.165, 1.54) is 6.07 Å². The van der Waals surface area contributed by atoms with Crippen LogP contribution in [0.15, 0.2) is 35.1 Å². The normalized spacial score (nSPS) is 11.7. The number of hydrogen-bond acceptors (Lipinski definition) is 2. The number of nitrogens with one attached hydrogen (secondary N) is 1. The van der Waals surface area contributed by atoms with Crippen molar-refractivity contribution in [2.45, 2.75) is 26.2 Å². The summed E-state index contributed by atoms with van der Waals surface area (Å²) in [5.41, 5.74) is 0.646. The van der Waals surface area contributed by atoms with Crippen molar-refractivity contribution < 1.29 is 13.2 Å². The molecular formula is C13H13BrF3N3. The summed E-state index contributed by atoms with van der Waals surface area (Å²) in [7, 11) is 0. The molecule has 1 aromatic heterocycles. The quantitative estimate of drug-likeness (QED) is 0.893. The first-order valence-corrected chi connectivity index (χ1v) is 6.81. The Balaban J connectivity index is 2.12. The van der Waals surface area contributed by atoms with Crippen LogP contribution in [0.4, 0.5) is 18.9 Å². The summed E-state index contributed by atoms with van der Waals surface area (Å²) in [6, 6.07) is 3.53. The van der Waals surface area contributed by atoms with E-state index in [0.29, 0.717) is 16.7 Å². The van der Waals surface area contributed by atoms with E-state index in [2.05, 4.69) is 26.3 Å². The molecule has 20 heavy (non-hydrogen) atoms. The molecule has 0 bridgehead atoms. The standard InChI is InChI=1S/C13H13BrF3N3/c1-2-20-8-9(7-19-20)6-18-12-5-10(13(15,16)17)3-4-11(12)14/h3-5,7-8,18H,2,6H2,1H3. The zero-order valence-electron chi connectivity index (χ0n) is 10.7. The molecule has 0 spiro atoms. The summed E-state index contributed by atoms with van der Waals surface area (Å²) >= 11 is 3.24. The maximum atomic E-state index is 12.7. The fraction of sp³-hybridized carbons (Fsp3) is 0.308. The SMILES string of the molecule is CCn1cc(CNc2cc(C(F)(F)F)ccc2Br)cn1. The molecule has 108 valence electrons. The predicted molar refractivity (Wildman–Crippen MR) is 74.4 cm³/mol. The second-order valence-corrected chi connectivity index (χ2v) is 5.10. The topological polar surface area (TPSA) is 29.9 Å². The van der Waals surface area contributed by atoms with Crippen LogP contribution in [-0.2, 0) is 19.3 Å². The number of benzene rings is 1. The predicted octanol–water partition coefficient (Wildman–Crippen LogP) is 4.30.